The number of anilines is 3. The first kappa shape index (κ1) is 29.5. The monoisotopic (exact) mass is 668 g/mol. The molecule has 0 saturated carbocycles. The van der Waals surface area contributed by atoms with Gasteiger partial charge in [0.2, 0.25) is 0 Å². The SMILES string of the molecule is c1ccc(-c2ccc(-c3ccc(N(c4ccc(-n5c6ccccc6c6ccccc65)cc4)c4ccc5c(c4)sc4ccccc45)cc3)cc2)cc1. The fourth-order valence-electron chi connectivity index (χ4n) is 7.54. The van der Waals surface area contributed by atoms with Gasteiger partial charge in [0, 0.05) is 53.7 Å². The second-order valence-electron chi connectivity index (χ2n) is 13.0. The number of hydrogen-bond acceptors (Lipinski definition) is 2. The van der Waals surface area contributed by atoms with E-state index in [4.69, 9.17) is 0 Å². The van der Waals surface area contributed by atoms with Gasteiger partial charge in [-0.1, -0.05) is 127 Å². The third-order valence-electron chi connectivity index (χ3n) is 10.0. The summed E-state index contributed by atoms with van der Waals surface area (Å²) in [6, 6.07) is 70.3. The Morgan fingerprint density at radius 1 is 0.333 bits per heavy atom. The normalized spacial score (nSPS) is 11.5. The zero-order valence-corrected chi connectivity index (χ0v) is 28.6. The van der Waals surface area contributed by atoms with Gasteiger partial charge < -0.3 is 9.47 Å². The van der Waals surface area contributed by atoms with Gasteiger partial charge in [-0.05, 0) is 89.0 Å². The molecular formula is C48H32N2S. The van der Waals surface area contributed by atoms with Crippen LogP contribution in [0.3, 0.4) is 0 Å². The van der Waals surface area contributed by atoms with E-state index in [2.05, 4.69) is 204 Å². The second kappa shape index (κ2) is 12.2. The third kappa shape index (κ3) is 5.10. The molecule has 0 aliphatic carbocycles. The number of thiophene rings is 1. The van der Waals surface area contributed by atoms with Crippen LogP contribution in [0.15, 0.2) is 194 Å². The van der Waals surface area contributed by atoms with Crippen LogP contribution in [0, 0.1) is 0 Å². The van der Waals surface area contributed by atoms with Gasteiger partial charge in [0.15, 0.2) is 0 Å². The number of para-hydroxylation sites is 2. The van der Waals surface area contributed by atoms with E-state index in [0.717, 1.165) is 22.7 Å². The standard InChI is InChI=1S/C48H32N2S/c1-2-10-33(11-3-1)34-18-20-35(21-19-34)36-22-24-37(25-23-36)49(40-30-31-44-43-14-6-9-17-47(43)51-48(44)32-40)38-26-28-39(29-27-38)50-45-15-7-4-12-41(45)42-13-5-8-16-46(42)50/h1-32H. The van der Waals surface area contributed by atoms with Crippen LogP contribution in [0.4, 0.5) is 17.1 Å². The largest absolute Gasteiger partial charge is 0.310 e. The van der Waals surface area contributed by atoms with Crippen LogP contribution in [-0.4, -0.2) is 4.57 Å². The molecule has 2 aromatic heterocycles. The van der Waals surface area contributed by atoms with Crippen LogP contribution in [0.2, 0.25) is 0 Å². The molecular weight excluding hydrogens is 637 g/mol. The molecule has 0 bridgehead atoms. The Morgan fingerprint density at radius 2 is 0.784 bits per heavy atom. The van der Waals surface area contributed by atoms with Crippen molar-refractivity contribution in [1.82, 2.24) is 4.57 Å². The lowest BCUT2D eigenvalue weighted by Crippen LogP contribution is -2.10. The smallest absolute Gasteiger partial charge is 0.0541 e. The van der Waals surface area contributed by atoms with E-state index < -0.39 is 0 Å². The maximum Gasteiger partial charge on any atom is 0.0541 e. The molecule has 2 nitrogen and oxygen atoms in total. The molecule has 10 rings (SSSR count). The van der Waals surface area contributed by atoms with E-state index in [9.17, 15) is 0 Å². The Hall–Kier alpha value is -6.42. The molecule has 240 valence electrons. The molecule has 3 heteroatoms. The Bertz CT molecular complexity index is 2770. The summed E-state index contributed by atoms with van der Waals surface area (Å²) in [6.45, 7) is 0. The second-order valence-corrected chi connectivity index (χ2v) is 14.1. The van der Waals surface area contributed by atoms with Gasteiger partial charge in [0.05, 0.1) is 11.0 Å². The van der Waals surface area contributed by atoms with Crippen LogP contribution in [0.25, 0.3) is 69.9 Å². The van der Waals surface area contributed by atoms with E-state index in [0.29, 0.717) is 0 Å². The minimum absolute atomic E-state index is 1.11. The summed E-state index contributed by atoms with van der Waals surface area (Å²) < 4.78 is 4.98. The van der Waals surface area contributed by atoms with Crippen molar-refractivity contribution in [2.75, 3.05) is 4.90 Å². The predicted octanol–water partition coefficient (Wildman–Crippen LogP) is 14.0. The van der Waals surface area contributed by atoms with Crippen LogP contribution < -0.4 is 4.90 Å². The van der Waals surface area contributed by atoms with Gasteiger partial charge in [-0.3, -0.25) is 0 Å². The molecule has 51 heavy (non-hydrogen) atoms. The zero-order valence-electron chi connectivity index (χ0n) is 27.8. The highest BCUT2D eigenvalue weighted by Gasteiger charge is 2.17. The Labute approximate surface area is 300 Å². The lowest BCUT2D eigenvalue weighted by molar-refractivity contribution is 1.17. The van der Waals surface area contributed by atoms with E-state index in [1.54, 1.807) is 0 Å². The summed E-state index contributed by atoms with van der Waals surface area (Å²) in [5.41, 5.74) is 11.8. The Kier molecular flexibility index (Phi) is 7.04. The Balaban J connectivity index is 1.06. The number of fused-ring (bicyclic) bond motifs is 6. The lowest BCUT2D eigenvalue weighted by atomic mass is 10.00. The molecule has 0 atom stereocenters. The van der Waals surface area contributed by atoms with Crippen molar-refractivity contribution in [3.63, 3.8) is 0 Å². The summed E-state index contributed by atoms with van der Waals surface area (Å²) in [7, 11) is 0. The minimum Gasteiger partial charge on any atom is -0.310 e. The van der Waals surface area contributed by atoms with Crippen molar-refractivity contribution < 1.29 is 0 Å². The maximum absolute atomic E-state index is 2.38. The number of rotatable bonds is 6. The van der Waals surface area contributed by atoms with Crippen LogP contribution in [-0.2, 0) is 0 Å². The van der Waals surface area contributed by atoms with Gasteiger partial charge in [-0.2, -0.15) is 0 Å². The topological polar surface area (TPSA) is 8.17 Å². The van der Waals surface area contributed by atoms with Gasteiger partial charge in [-0.25, -0.2) is 0 Å². The first-order chi connectivity index (χ1) is 25.3. The minimum atomic E-state index is 1.11. The molecule has 0 radical (unpaired) electrons. The van der Waals surface area contributed by atoms with Gasteiger partial charge in [0.1, 0.15) is 0 Å². The highest BCUT2D eigenvalue weighted by atomic mass is 32.1. The quantitative estimate of drug-likeness (QED) is 0.171. The van der Waals surface area contributed by atoms with Crippen LogP contribution in [0.1, 0.15) is 0 Å². The lowest BCUT2D eigenvalue weighted by Gasteiger charge is -2.26. The fourth-order valence-corrected chi connectivity index (χ4v) is 8.68. The van der Waals surface area contributed by atoms with Crippen molar-refractivity contribution in [1.29, 1.82) is 0 Å². The molecule has 0 aliphatic heterocycles. The van der Waals surface area contributed by atoms with E-state index in [1.165, 1.54) is 64.2 Å². The molecule has 10 aromatic rings. The average Bonchev–Trinajstić information content (AvgIpc) is 3.75. The van der Waals surface area contributed by atoms with Crippen LogP contribution in [0.5, 0.6) is 0 Å². The van der Waals surface area contributed by atoms with E-state index in [-0.39, 0.29) is 0 Å². The molecule has 0 aliphatic rings. The fraction of sp³-hybridized carbons (Fsp3) is 0. The van der Waals surface area contributed by atoms with Gasteiger partial charge >= 0.3 is 0 Å². The van der Waals surface area contributed by atoms with Crippen molar-refractivity contribution >= 4 is 70.4 Å². The third-order valence-corrected chi connectivity index (χ3v) is 11.2. The first-order valence-corrected chi connectivity index (χ1v) is 18.2. The number of benzene rings is 8. The zero-order chi connectivity index (χ0) is 33.7. The summed E-state index contributed by atoms with van der Waals surface area (Å²) >= 11 is 1.86. The molecule has 2 heterocycles. The van der Waals surface area contributed by atoms with Gasteiger partial charge in [0.25, 0.3) is 0 Å². The van der Waals surface area contributed by atoms with Crippen molar-refractivity contribution in [2.45, 2.75) is 0 Å². The maximum atomic E-state index is 2.38. The first-order valence-electron chi connectivity index (χ1n) is 17.3. The molecule has 0 unspecified atom stereocenters. The highest BCUT2D eigenvalue weighted by Crippen LogP contribution is 2.42. The number of aromatic nitrogens is 1. The summed E-state index contributed by atoms with van der Waals surface area (Å²) in [5, 5.41) is 5.15. The molecule has 0 spiro atoms. The van der Waals surface area contributed by atoms with Crippen molar-refractivity contribution in [2.24, 2.45) is 0 Å². The predicted molar refractivity (Wildman–Crippen MR) is 219 cm³/mol. The van der Waals surface area contributed by atoms with Crippen LogP contribution >= 0.6 is 11.3 Å². The Morgan fingerprint density at radius 3 is 1.41 bits per heavy atom. The molecule has 0 N–H and O–H groups in total. The summed E-state index contributed by atoms with van der Waals surface area (Å²) in [4.78, 5) is 2.38. The summed E-state index contributed by atoms with van der Waals surface area (Å²) in [6.07, 6.45) is 0. The summed E-state index contributed by atoms with van der Waals surface area (Å²) in [5.74, 6) is 0. The van der Waals surface area contributed by atoms with E-state index >= 15 is 0 Å². The van der Waals surface area contributed by atoms with E-state index in [1.807, 2.05) is 11.3 Å². The van der Waals surface area contributed by atoms with Crippen molar-refractivity contribution in [3.05, 3.63) is 194 Å². The molecule has 8 aromatic carbocycles. The highest BCUT2D eigenvalue weighted by molar-refractivity contribution is 7.25. The number of hydrogen-bond donors (Lipinski definition) is 0. The average molecular weight is 669 g/mol. The molecule has 0 fully saturated rings. The van der Waals surface area contributed by atoms with Crippen molar-refractivity contribution in [3.8, 4) is 27.9 Å². The number of nitrogens with zero attached hydrogens (tertiary/aromatic N) is 2. The molecule has 0 amide bonds. The molecule has 0 saturated heterocycles. The van der Waals surface area contributed by atoms with Gasteiger partial charge in [-0.15, -0.1) is 11.3 Å².